The Bertz CT molecular complexity index is 1210. The number of carbonyl (C=O) groups excluding carboxylic acids is 1. The molecule has 2 N–H and O–H groups in total. The summed E-state index contributed by atoms with van der Waals surface area (Å²) in [5.41, 5.74) is 7.85. The number of aliphatic hydroxyl groups excluding tert-OH is 2. The molecule has 0 amide bonds. The highest BCUT2D eigenvalue weighted by atomic mass is 16.5. The van der Waals surface area contributed by atoms with Crippen LogP contribution in [0, 0.1) is 18.3 Å². The van der Waals surface area contributed by atoms with Crippen LogP contribution in [0.25, 0.3) is 11.1 Å². The van der Waals surface area contributed by atoms with Gasteiger partial charge in [0.05, 0.1) is 13.2 Å². The van der Waals surface area contributed by atoms with Crippen LogP contribution >= 0.6 is 0 Å². The molecule has 2 aromatic rings. The summed E-state index contributed by atoms with van der Waals surface area (Å²) in [6.45, 7) is 15.3. The number of benzene rings is 2. The van der Waals surface area contributed by atoms with E-state index >= 15 is 0 Å². The van der Waals surface area contributed by atoms with Crippen LogP contribution in [0.1, 0.15) is 96.4 Å². The fourth-order valence-electron chi connectivity index (χ4n) is 6.12. The number of allylic oxidation sites excluding steroid dienone is 4. The minimum absolute atomic E-state index is 0.0282. The van der Waals surface area contributed by atoms with Crippen LogP contribution in [0.15, 0.2) is 65.8 Å². The number of rotatable bonds is 10. The smallest absolute Gasteiger partial charge is 0.339 e. The van der Waals surface area contributed by atoms with E-state index in [0.717, 1.165) is 43.2 Å². The monoisotopic (exact) mass is 532 g/mol. The number of methoxy groups -OCH3 is 1. The van der Waals surface area contributed by atoms with Gasteiger partial charge in [-0.1, -0.05) is 88.7 Å². The van der Waals surface area contributed by atoms with Crippen LogP contribution in [0.5, 0.6) is 0 Å². The van der Waals surface area contributed by atoms with Gasteiger partial charge in [-0.3, -0.25) is 0 Å². The summed E-state index contributed by atoms with van der Waals surface area (Å²) in [6.07, 6.45) is 7.96. The highest BCUT2D eigenvalue weighted by Gasteiger charge is 2.37. The zero-order chi connectivity index (χ0) is 29.0. The molecular formula is C35H48O4. The van der Waals surface area contributed by atoms with Gasteiger partial charge in [-0.2, -0.15) is 0 Å². The largest absolute Gasteiger partial charge is 0.467 e. The minimum Gasteiger partial charge on any atom is -0.467 e. The van der Waals surface area contributed by atoms with E-state index in [1.807, 2.05) is 18.2 Å². The van der Waals surface area contributed by atoms with E-state index in [-0.39, 0.29) is 16.9 Å². The summed E-state index contributed by atoms with van der Waals surface area (Å²) in [6, 6.07) is 14.3. The molecule has 1 aliphatic rings. The van der Waals surface area contributed by atoms with E-state index in [2.05, 4.69) is 78.8 Å². The normalized spacial score (nSPS) is 17.7. The summed E-state index contributed by atoms with van der Waals surface area (Å²) in [7, 11) is 1.28. The lowest BCUT2D eigenvalue weighted by Gasteiger charge is -2.41. The Morgan fingerprint density at radius 2 is 1.74 bits per heavy atom. The lowest BCUT2D eigenvalue weighted by Crippen LogP contribution is -2.34. The zero-order valence-electron chi connectivity index (χ0n) is 25.2. The van der Waals surface area contributed by atoms with Gasteiger partial charge in [0.1, 0.15) is 0 Å². The first-order chi connectivity index (χ1) is 18.4. The van der Waals surface area contributed by atoms with Crippen molar-refractivity contribution >= 4 is 5.97 Å². The SMILES string of the molecule is CCC(CC)(c1ccc(-c2cccc([C@@H](O)C(=O)OC)c2)c(C)c1)C1C=CC(CCC(O)C(C)(C)C)=C(C)C1. The topological polar surface area (TPSA) is 66.8 Å². The Morgan fingerprint density at radius 1 is 1.05 bits per heavy atom. The van der Waals surface area contributed by atoms with Crippen molar-refractivity contribution in [1.29, 1.82) is 0 Å². The molecule has 0 spiro atoms. The molecule has 4 nitrogen and oxygen atoms in total. The Hall–Kier alpha value is -2.69. The van der Waals surface area contributed by atoms with Gasteiger partial charge in [0.25, 0.3) is 0 Å². The number of hydrogen-bond donors (Lipinski definition) is 2. The maximum absolute atomic E-state index is 11.9. The number of carbonyl (C=O) groups is 1. The van der Waals surface area contributed by atoms with Crippen LogP contribution < -0.4 is 0 Å². The van der Waals surface area contributed by atoms with Crippen molar-refractivity contribution in [2.45, 2.75) is 98.2 Å². The van der Waals surface area contributed by atoms with E-state index in [0.29, 0.717) is 11.5 Å². The van der Waals surface area contributed by atoms with E-state index in [4.69, 9.17) is 4.74 Å². The second-order valence-electron chi connectivity index (χ2n) is 12.3. The molecule has 0 radical (unpaired) electrons. The molecule has 39 heavy (non-hydrogen) atoms. The van der Waals surface area contributed by atoms with Crippen LogP contribution in [-0.2, 0) is 14.9 Å². The molecule has 0 saturated heterocycles. The number of aliphatic hydroxyl groups is 2. The summed E-state index contributed by atoms with van der Waals surface area (Å²) in [4.78, 5) is 11.9. The van der Waals surface area contributed by atoms with Crippen molar-refractivity contribution in [2.24, 2.45) is 11.3 Å². The highest BCUT2D eigenvalue weighted by Crippen LogP contribution is 2.46. The Morgan fingerprint density at radius 3 is 2.31 bits per heavy atom. The summed E-state index contributed by atoms with van der Waals surface area (Å²) < 4.78 is 4.71. The van der Waals surface area contributed by atoms with Gasteiger partial charge >= 0.3 is 5.97 Å². The molecule has 0 bridgehead atoms. The zero-order valence-corrected chi connectivity index (χ0v) is 25.2. The highest BCUT2D eigenvalue weighted by molar-refractivity contribution is 5.77. The van der Waals surface area contributed by atoms with Gasteiger partial charge in [0.15, 0.2) is 6.10 Å². The van der Waals surface area contributed by atoms with Crippen molar-refractivity contribution in [3.05, 3.63) is 82.5 Å². The van der Waals surface area contributed by atoms with Crippen molar-refractivity contribution in [2.75, 3.05) is 7.11 Å². The molecule has 0 saturated carbocycles. The molecule has 0 fully saturated rings. The van der Waals surface area contributed by atoms with Gasteiger partial charge in [-0.25, -0.2) is 4.79 Å². The van der Waals surface area contributed by atoms with Crippen LogP contribution in [0.4, 0.5) is 0 Å². The number of ether oxygens (including phenoxy) is 1. The standard InChI is InChI=1S/C35H48O4/c1-9-35(10-2,28-16-14-25(23(3)20-28)15-19-31(36)34(5,6)7)29-17-18-30(24(4)21-29)26-12-11-13-27(22-26)32(37)33(38)39-8/h11-14,16-18,21-22,28,31-32,36-37H,9-10,15,19-20H2,1-8H3/t28?,31?,32-/m1/s1. The first-order valence-corrected chi connectivity index (χ1v) is 14.4. The minimum atomic E-state index is -1.29. The number of esters is 1. The number of aryl methyl sites for hydroxylation is 1. The third-order valence-corrected chi connectivity index (χ3v) is 9.00. The average Bonchev–Trinajstić information content (AvgIpc) is 2.92. The maximum Gasteiger partial charge on any atom is 0.339 e. The molecule has 212 valence electrons. The number of hydrogen-bond acceptors (Lipinski definition) is 4. The predicted octanol–water partition coefficient (Wildman–Crippen LogP) is 8.01. The van der Waals surface area contributed by atoms with Gasteiger partial charge in [0, 0.05) is 5.41 Å². The summed E-state index contributed by atoms with van der Waals surface area (Å²) >= 11 is 0. The summed E-state index contributed by atoms with van der Waals surface area (Å²) in [5.74, 6) is -0.249. The van der Waals surface area contributed by atoms with Crippen molar-refractivity contribution in [3.63, 3.8) is 0 Å². The van der Waals surface area contributed by atoms with E-state index in [1.54, 1.807) is 6.07 Å². The van der Waals surface area contributed by atoms with Gasteiger partial charge < -0.3 is 14.9 Å². The molecule has 0 aliphatic heterocycles. The maximum atomic E-state index is 11.9. The van der Waals surface area contributed by atoms with Gasteiger partial charge in [-0.05, 0) is 96.7 Å². The quantitative estimate of drug-likeness (QED) is 0.304. The molecule has 1 aliphatic carbocycles. The van der Waals surface area contributed by atoms with Crippen LogP contribution in [0.3, 0.4) is 0 Å². The third-order valence-electron chi connectivity index (χ3n) is 9.00. The van der Waals surface area contributed by atoms with E-state index < -0.39 is 12.1 Å². The van der Waals surface area contributed by atoms with E-state index in [9.17, 15) is 15.0 Å². The van der Waals surface area contributed by atoms with Crippen LogP contribution in [0.2, 0.25) is 0 Å². The molecule has 0 aromatic heterocycles. The first-order valence-electron chi connectivity index (χ1n) is 14.4. The average molecular weight is 533 g/mol. The van der Waals surface area contributed by atoms with E-state index in [1.165, 1.54) is 29.4 Å². The molecule has 0 heterocycles. The second kappa shape index (κ2) is 12.7. The fraction of sp³-hybridized carbons (Fsp3) is 0.514. The lowest BCUT2D eigenvalue weighted by atomic mass is 9.63. The molecule has 2 aromatic carbocycles. The molecule has 2 unspecified atom stereocenters. The lowest BCUT2D eigenvalue weighted by molar-refractivity contribution is -0.150. The first kappa shape index (κ1) is 30.8. The third kappa shape index (κ3) is 6.73. The van der Waals surface area contributed by atoms with Crippen molar-refractivity contribution in [3.8, 4) is 11.1 Å². The predicted molar refractivity (Wildman–Crippen MR) is 160 cm³/mol. The summed E-state index contributed by atoms with van der Waals surface area (Å²) in [5, 5.41) is 20.9. The van der Waals surface area contributed by atoms with Gasteiger partial charge in [0.2, 0.25) is 0 Å². The fourth-order valence-corrected chi connectivity index (χ4v) is 6.12. The van der Waals surface area contributed by atoms with Crippen LogP contribution in [-0.4, -0.2) is 29.4 Å². The molecular weight excluding hydrogens is 484 g/mol. The Kier molecular flexibility index (Phi) is 10.0. The van der Waals surface area contributed by atoms with Gasteiger partial charge in [-0.15, -0.1) is 0 Å². The Labute approximate surface area is 235 Å². The van der Waals surface area contributed by atoms with Crippen molar-refractivity contribution in [1.82, 2.24) is 0 Å². The molecule has 3 atom stereocenters. The Balaban J connectivity index is 1.87. The second-order valence-corrected chi connectivity index (χ2v) is 12.3. The molecule has 4 heteroatoms. The van der Waals surface area contributed by atoms with Crippen molar-refractivity contribution < 1.29 is 19.7 Å². The molecule has 3 rings (SSSR count).